The van der Waals surface area contributed by atoms with Crippen LogP contribution < -0.4 is 15.1 Å². The molecule has 0 amide bonds. The Labute approximate surface area is 254 Å². The van der Waals surface area contributed by atoms with Gasteiger partial charge >= 0.3 is 0 Å². The zero-order valence-electron chi connectivity index (χ0n) is 24.5. The molecule has 1 N–H and O–H groups in total. The molecule has 4 aromatic rings. The molecule has 4 heterocycles. The number of pyridine rings is 1. The fourth-order valence-electron chi connectivity index (χ4n) is 6.69. The standard InChI is InChI=1S/C34H38ClN5S/c1-21-14-17-38(18-15-21)30-13-12-26(20-28(30)35)40-33(31(37-34(40)41)29-11-6-7-16-36-29)27-19-24(4)39(25(27)5)32-22(2)9-8-10-23(32)3/h6-13,16,19-21,31,33H,14-15,17-18H2,1-5H3,(H,37,41)/t31-,33+/m1/s1. The summed E-state index contributed by atoms with van der Waals surface area (Å²) in [7, 11) is 0. The minimum absolute atomic E-state index is 0.0978. The maximum absolute atomic E-state index is 7.00. The zero-order valence-corrected chi connectivity index (χ0v) is 26.1. The maximum atomic E-state index is 7.00. The molecule has 2 fully saturated rings. The predicted molar refractivity (Wildman–Crippen MR) is 175 cm³/mol. The average molecular weight is 584 g/mol. The number of thiocarbonyl (C=S) groups is 1. The summed E-state index contributed by atoms with van der Waals surface area (Å²) < 4.78 is 2.39. The molecule has 0 spiro atoms. The van der Waals surface area contributed by atoms with Crippen LogP contribution in [0.25, 0.3) is 5.69 Å². The molecule has 0 unspecified atom stereocenters. The SMILES string of the molecule is Cc1cccc(C)c1-n1c(C)cc([C@H]2[C@@H](c3ccccn3)NC(=S)N2c2ccc(N3CCC(C)CC3)c(Cl)c2)c1C. The van der Waals surface area contributed by atoms with Crippen molar-refractivity contribution in [2.75, 3.05) is 22.9 Å². The fraction of sp³-hybridized carbons (Fsp3) is 0.353. The number of piperidine rings is 1. The molecule has 0 radical (unpaired) electrons. The second-order valence-electron chi connectivity index (χ2n) is 11.7. The van der Waals surface area contributed by atoms with Crippen LogP contribution in [0.1, 0.15) is 65.6 Å². The van der Waals surface area contributed by atoms with Gasteiger partial charge in [-0.15, -0.1) is 0 Å². The van der Waals surface area contributed by atoms with Gasteiger partial charge in [-0.05, 0) is 112 Å². The monoisotopic (exact) mass is 583 g/mol. The van der Waals surface area contributed by atoms with E-state index in [0.717, 1.165) is 41.1 Å². The van der Waals surface area contributed by atoms with E-state index in [2.05, 4.69) is 103 Å². The Morgan fingerprint density at radius 3 is 2.32 bits per heavy atom. The van der Waals surface area contributed by atoms with E-state index in [-0.39, 0.29) is 12.1 Å². The summed E-state index contributed by atoms with van der Waals surface area (Å²) in [6, 6.07) is 21.1. The smallest absolute Gasteiger partial charge is 0.174 e. The Hall–Kier alpha value is -3.35. The minimum Gasteiger partial charge on any atom is -0.370 e. The van der Waals surface area contributed by atoms with E-state index in [0.29, 0.717) is 5.11 Å². The number of nitrogens with one attached hydrogen (secondary N) is 1. The Kier molecular flexibility index (Phi) is 7.56. The molecule has 41 heavy (non-hydrogen) atoms. The van der Waals surface area contributed by atoms with Gasteiger partial charge in [0.15, 0.2) is 5.11 Å². The summed E-state index contributed by atoms with van der Waals surface area (Å²) in [6.07, 6.45) is 4.24. The van der Waals surface area contributed by atoms with Gasteiger partial charge in [0.05, 0.1) is 34.2 Å². The number of halogens is 1. The molecule has 2 atom stereocenters. The normalized spacial score (nSPS) is 19.6. The molecule has 2 aliphatic heterocycles. The molecule has 2 aromatic carbocycles. The van der Waals surface area contributed by atoms with E-state index in [9.17, 15) is 0 Å². The Balaban J connectivity index is 1.46. The number of hydrogen-bond donors (Lipinski definition) is 1. The molecular weight excluding hydrogens is 546 g/mol. The number of aromatic nitrogens is 2. The zero-order chi connectivity index (χ0) is 28.8. The number of rotatable bonds is 5. The van der Waals surface area contributed by atoms with Crippen molar-refractivity contribution < 1.29 is 0 Å². The predicted octanol–water partition coefficient (Wildman–Crippen LogP) is 8.17. The van der Waals surface area contributed by atoms with Crippen LogP contribution in [-0.2, 0) is 0 Å². The molecule has 5 nitrogen and oxygen atoms in total. The van der Waals surface area contributed by atoms with Crippen LogP contribution >= 0.6 is 23.8 Å². The second-order valence-corrected chi connectivity index (χ2v) is 12.5. The van der Waals surface area contributed by atoms with Crippen LogP contribution in [0.4, 0.5) is 11.4 Å². The van der Waals surface area contributed by atoms with Gasteiger partial charge in [0.25, 0.3) is 0 Å². The summed E-state index contributed by atoms with van der Waals surface area (Å²) >= 11 is 13.0. The summed E-state index contributed by atoms with van der Waals surface area (Å²) in [5, 5.41) is 5.06. The Bertz CT molecular complexity index is 1570. The minimum atomic E-state index is -0.113. The molecular formula is C34H38ClN5S. The van der Waals surface area contributed by atoms with E-state index in [4.69, 9.17) is 28.8 Å². The first kappa shape index (κ1) is 27.8. The van der Waals surface area contributed by atoms with Crippen molar-refractivity contribution >= 4 is 40.3 Å². The first-order valence-corrected chi connectivity index (χ1v) is 15.3. The van der Waals surface area contributed by atoms with Crippen molar-refractivity contribution in [2.45, 2.75) is 59.5 Å². The molecule has 2 saturated heterocycles. The van der Waals surface area contributed by atoms with Crippen LogP contribution in [0.3, 0.4) is 0 Å². The third-order valence-electron chi connectivity index (χ3n) is 8.88. The molecule has 2 aromatic heterocycles. The largest absolute Gasteiger partial charge is 0.370 e. The summed E-state index contributed by atoms with van der Waals surface area (Å²) in [6.45, 7) is 13.2. The van der Waals surface area contributed by atoms with Gasteiger partial charge in [-0.25, -0.2) is 0 Å². The van der Waals surface area contributed by atoms with Gasteiger partial charge in [0.2, 0.25) is 0 Å². The van der Waals surface area contributed by atoms with Crippen molar-refractivity contribution in [3.8, 4) is 5.69 Å². The molecule has 212 valence electrons. The highest BCUT2D eigenvalue weighted by molar-refractivity contribution is 7.80. The van der Waals surface area contributed by atoms with Crippen LogP contribution in [0.15, 0.2) is 66.9 Å². The quantitative estimate of drug-likeness (QED) is 0.240. The van der Waals surface area contributed by atoms with E-state index in [1.165, 1.54) is 46.6 Å². The highest BCUT2D eigenvalue weighted by atomic mass is 35.5. The van der Waals surface area contributed by atoms with Crippen molar-refractivity contribution in [1.29, 1.82) is 0 Å². The lowest BCUT2D eigenvalue weighted by molar-refractivity contribution is 0.438. The molecule has 0 aliphatic carbocycles. The average Bonchev–Trinajstić information content (AvgIpc) is 3.45. The van der Waals surface area contributed by atoms with Crippen LogP contribution in [-0.4, -0.2) is 27.8 Å². The lowest BCUT2D eigenvalue weighted by Gasteiger charge is -2.33. The number of aryl methyl sites for hydroxylation is 3. The van der Waals surface area contributed by atoms with Gasteiger partial charge in [-0.2, -0.15) is 0 Å². The third-order valence-corrected chi connectivity index (χ3v) is 9.50. The van der Waals surface area contributed by atoms with Gasteiger partial charge in [-0.3, -0.25) is 4.98 Å². The molecule has 6 rings (SSSR count). The van der Waals surface area contributed by atoms with Crippen LogP contribution in [0, 0.1) is 33.6 Å². The fourth-order valence-corrected chi connectivity index (χ4v) is 7.33. The van der Waals surface area contributed by atoms with Crippen LogP contribution in [0.2, 0.25) is 5.02 Å². The van der Waals surface area contributed by atoms with E-state index in [1.54, 1.807) is 0 Å². The van der Waals surface area contributed by atoms with Crippen molar-refractivity contribution in [2.24, 2.45) is 5.92 Å². The van der Waals surface area contributed by atoms with Crippen molar-refractivity contribution in [1.82, 2.24) is 14.9 Å². The number of anilines is 2. The third kappa shape index (κ3) is 5.02. The van der Waals surface area contributed by atoms with Gasteiger partial charge < -0.3 is 19.7 Å². The summed E-state index contributed by atoms with van der Waals surface area (Å²) in [5.41, 5.74) is 10.4. The van der Waals surface area contributed by atoms with Crippen LogP contribution in [0.5, 0.6) is 0 Å². The molecule has 0 saturated carbocycles. The first-order chi connectivity index (χ1) is 19.7. The maximum Gasteiger partial charge on any atom is 0.174 e. The number of hydrogen-bond acceptors (Lipinski definition) is 3. The highest BCUT2D eigenvalue weighted by Gasteiger charge is 2.42. The van der Waals surface area contributed by atoms with Gasteiger partial charge in [0.1, 0.15) is 0 Å². The van der Waals surface area contributed by atoms with Crippen molar-refractivity contribution in [3.05, 3.63) is 106 Å². The van der Waals surface area contributed by atoms with Crippen molar-refractivity contribution in [3.63, 3.8) is 0 Å². The molecule has 0 bridgehead atoms. The summed E-state index contributed by atoms with van der Waals surface area (Å²) in [5.74, 6) is 0.768. The van der Waals surface area contributed by atoms with E-state index < -0.39 is 0 Å². The number of para-hydroxylation sites is 1. The lowest BCUT2D eigenvalue weighted by Crippen LogP contribution is -2.33. The Morgan fingerprint density at radius 2 is 1.66 bits per heavy atom. The first-order valence-electron chi connectivity index (χ1n) is 14.5. The lowest BCUT2D eigenvalue weighted by atomic mass is 9.96. The van der Waals surface area contributed by atoms with E-state index >= 15 is 0 Å². The number of nitrogens with zero attached hydrogens (tertiary/aromatic N) is 4. The second kappa shape index (κ2) is 11.1. The molecule has 2 aliphatic rings. The Morgan fingerprint density at radius 1 is 0.927 bits per heavy atom. The molecule has 7 heteroatoms. The topological polar surface area (TPSA) is 36.3 Å². The van der Waals surface area contributed by atoms with Gasteiger partial charge in [0, 0.05) is 36.4 Å². The number of benzene rings is 2. The van der Waals surface area contributed by atoms with Gasteiger partial charge in [-0.1, -0.05) is 42.8 Å². The summed E-state index contributed by atoms with van der Waals surface area (Å²) in [4.78, 5) is 9.41. The highest BCUT2D eigenvalue weighted by Crippen LogP contribution is 2.45. The van der Waals surface area contributed by atoms with E-state index in [1.807, 2.05) is 18.3 Å².